The molecule has 1 rings (SSSR count). The van der Waals surface area contributed by atoms with Gasteiger partial charge < -0.3 is 5.73 Å². The SMILES string of the molecule is N#C/C=C/c1cc(Br)ccc1N. The van der Waals surface area contributed by atoms with Crippen LogP contribution in [0.15, 0.2) is 28.7 Å². The summed E-state index contributed by atoms with van der Waals surface area (Å²) >= 11 is 3.32. The molecule has 0 bridgehead atoms. The largest absolute Gasteiger partial charge is 0.398 e. The number of nitrogens with two attached hydrogens (primary N) is 1. The van der Waals surface area contributed by atoms with Crippen molar-refractivity contribution in [1.82, 2.24) is 0 Å². The number of hydrogen-bond acceptors (Lipinski definition) is 2. The van der Waals surface area contributed by atoms with E-state index in [-0.39, 0.29) is 0 Å². The van der Waals surface area contributed by atoms with Crippen LogP contribution in [0.2, 0.25) is 0 Å². The molecule has 12 heavy (non-hydrogen) atoms. The molecule has 0 aliphatic heterocycles. The van der Waals surface area contributed by atoms with Gasteiger partial charge in [-0.2, -0.15) is 5.26 Å². The summed E-state index contributed by atoms with van der Waals surface area (Å²) in [5.74, 6) is 0. The van der Waals surface area contributed by atoms with E-state index in [4.69, 9.17) is 11.0 Å². The molecule has 0 spiro atoms. The van der Waals surface area contributed by atoms with Crippen molar-refractivity contribution in [1.29, 1.82) is 5.26 Å². The van der Waals surface area contributed by atoms with E-state index >= 15 is 0 Å². The first-order valence-corrected chi connectivity index (χ1v) is 4.14. The average Bonchev–Trinajstić information content (AvgIpc) is 2.07. The molecule has 2 N–H and O–H groups in total. The maximum Gasteiger partial charge on any atom is 0.0912 e. The maximum atomic E-state index is 8.30. The van der Waals surface area contributed by atoms with Crippen LogP contribution in [0.25, 0.3) is 6.08 Å². The zero-order chi connectivity index (χ0) is 8.97. The Morgan fingerprint density at radius 2 is 2.25 bits per heavy atom. The number of nitriles is 1. The predicted octanol–water partition coefficient (Wildman–Crippen LogP) is 2.57. The highest BCUT2D eigenvalue weighted by Crippen LogP contribution is 2.19. The molecule has 0 saturated carbocycles. The number of hydrogen-bond donors (Lipinski definition) is 1. The van der Waals surface area contributed by atoms with Gasteiger partial charge in [-0.25, -0.2) is 0 Å². The standard InChI is InChI=1S/C9H7BrN2/c10-8-3-4-9(12)7(6-8)2-1-5-11/h1-4,6H,12H2/b2-1+. The monoisotopic (exact) mass is 222 g/mol. The second-order valence-corrected chi connectivity index (χ2v) is 3.15. The molecule has 0 saturated heterocycles. The van der Waals surface area contributed by atoms with E-state index in [1.807, 2.05) is 18.2 Å². The van der Waals surface area contributed by atoms with E-state index in [2.05, 4.69) is 15.9 Å². The molecule has 0 unspecified atom stereocenters. The number of nitrogen functional groups attached to an aromatic ring is 1. The first-order valence-electron chi connectivity index (χ1n) is 3.35. The lowest BCUT2D eigenvalue weighted by Gasteiger charge is -1.99. The molecule has 2 nitrogen and oxygen atoms in total. The minimum atomic E-state index is 0.671. The van der Waals surface area contributed by atoms with Crippen LogP contribution in [-0.2, 0) is 0 Å². The minimum absolute atomic E-state index is 0.671. The molecular weight excluding hydrogens is 216 g/mol. The van der Waals surface area contributed by atoms with Crippen LogP contribution < -0.4 is 5.73 Å². The number of allylic oxidation sites excluding steroid dienone is 1. The van der Waals surface area contributed by atoms with Crippen LogP contribution in [0.5, 0.6) is 0 Å². The van der Waals surface area contributed by atoms with Gasteiger partial charge in [-0.05, 0) is 29.8 Å². The normalized spacial score (nSPS) is 10.0. The summed E-state index contributed by atoms with van der Waals surface area (Å²) in [6.45, 7) is 0. The van der Waals surface area contributed by atoms with Gasteiger partial charge in [0, 0.05) is 16.2 Å². The first-order chi connectivity index (χ1) is 5.74. The predicted molar refractivity (Wildman–Crippen MR) is 53.2 cm³/mol. The molecular formula is C9H7BrN2. The van der Waals surface area contributed by atoms with Crippen molar-refractivity contribution in [3.05, 3.63) is 34.3 Å². The van der Waals surface area contributed by atoms with Gasteiger partial charge in [-0.3, -0.25) is 0 Å². The zero-order valence-electron chi connectivity index (χ0n) is 6.29. The Hall–Kier alpha value is -1.27. The van der Waals surface area contributed by atoms with Gasteiger partial charge in [0.1, 0.15) is 0 Å². The van der Waals surface area contributed by atoms with Crippen LogP contribution >= 0.6 is 15.9 Å². The van der Waals surface area contributed by atoms with E-state index in [0.717, 1.165) is 10.0 Å². The molecule has 0 heterocycles. The molecule has 3 heteroatoms. The fourth-order valence-corrected chi connectivity index (χ4v) is 1.20. The van der Waals surface area contributed by atoms with E-state index < -0.39 is 0 Å². The van der Waals surface area contributed by atoms with E-state index in [9.17, 15) is 0 Å². The highest BCUT2D eigenvalue weighted by molar-refractivity contribution is 9.10. The molecule has 0 aromatic heterocycles. The van der Waals surface area contributed by atoms with Crippen molar-refractivity contribution in [3.8, 4) is 6.07 Å². The van der Waals surface area contributed by atoms with Crippen molar-refractivity contribution in [2.75, 3.05) is 5.73 Å². The van der Waals surface area contributed by atoms with Crippen molar-refractivity contribution in [2.45, 2.75) is 0 Å². The fraction of sp³-hybridized carbons (Fsp3) is 0. The van der Waals surface area contributed by atoms with Crippen LogP contribution in [0, 0.1) is 11.3 Å². The van der Waals surface area contributed by atoms with Crippen molar-refractivity contribution in [3.63, 3.8) is 0 Å². The Bertz CT molecular complexity index is 350. The molecule has 60 valence electrons. The average molecular weight is 223 g/mol. The van der Waals surface area contributed by atoms with Crippen molar-refractivity contribution < 1.29 is 0 Å². The highest BCUT2D eigenvalue weighted by atomic mass is 79.9. The number of rotatable bonds is 1. The Kier molecular flexibility index (Phi) is 2.89. The second-order valence-electron chi connectivity index (χ2n) is 2.24. The van der Waals surface area contributed by atoms with Crippen molar-refractivity contribution >= 4 is 27.7 Å². The van der Waals surface area contributed by atoms with Gasteiger partial charge in [0.2, 0.25) is 0 Å². The van der Waals surface area contributed by atoms with Crippen molar-refractivity contribution in [2.24, 2.45) is 0 Å². The number of benzene rings is 1. The molecule has 0 atom stereocenters. The Morgan fingerprint density at radius 3 is 2.92 bits per heavy atom. The summed E-state index contributed by atoms with van der Waals surface area (Å²) in [6, 6.07) is 7.43. The Balaban J connectivity index is 3.07. The first kappa shape index (κ1) is 8.82. The third kappa shape index (κ3) is 2.11. The molecule has 0 amide bonds. The Morgan fingerprint density at radius 1 is 1.50 bits per heavy atom. The molecule has 0 radical (unpaired) electrons. The topological polar surface area (TPSA) is 49.8 Å². The third-order valence-corrected chi connectivity index (χ3v) is 1.88. The smallest absolute Gasteiger partial charge is 0.0912 e. The molecule has 1 aromatic carbocycles. The summed E-state index contributed by atoms with van der Waals surface area (Å²) in [4.78, 5) is 0. The van der Waals surface area contributed by atoms with Gasteiger partial charge in [0.25, 0.3) is 0 Å². The lowest BCUT2D eigenvalue weighted by molar-refractivity contribution is 1.53. The minimum Gasteiger partial charge on any atom is -0.398 e. The van der Waals surface area contributed by atoms with Gasteiger partial charge in [-0.1, -0.05) is 15.9 Å². The lowest BCUT2D eigenvalue weighted by atomic mass is 10.2. The van der Waals surface area contributed by atoms with Gasteiger partial charge in [-0.15, -0.1) is 0 Å². The third-order valence-electron chi connectivity index (χ3n) is 1.39. The van der Waals surface area contributed by atoms with Crippen LogP contribution in [-0.4, -0.2) is 0 Å². The summed E-state index contributed by atoms with van der Waals surface area (Å²) in [5, 5.41) is 8.30. The highest BCUT2D eigenvalue weighted by Gasteiger charge is 1.94. The number of halogens is 1. The lowest BCUT2D eigenvalue weighted by Crippen LogP contribution is -1.87. The Labute approximate surface area is 79.4 Å². The summed E-state index contributed by atoms with van der Waals surface area (Å²) in [7, 11) is 0. The van der Waals surface area contributed by atoms with Gasteiger partial charge >= 0.3 is 0 Å². The van der Waals surface area contributed by atoms with E-state index in [0.29, 0.717) is 5.69 Å². The fourth-order valence-electron chi connectivity index (χ4n) is 0.817. The molecule has 0 fully saturated rings. The molecule has 0 aliphatic carbocycles. The van der Waals surface area contributed by atoms with Crippen LogP contribution in [0.1, 0.15) is 5.56 Å². The van der Waals surface area contributed by atoms with E-state index in [1.165, 1.54) is 6.08 Å². The van der Waals surface area contributed by atoms with Crippen LogP contribution in [0.4, 0.5) is 5.69 Å². The zero-order valence-corrected chi connectivity index (χ0v) is 7.88. The van der Waals surface area contributed by atoms with Gasteiger partial charge in [0.05, 0.1) is 6.07 Å². The van der Waals surface area contributed by atoms with Crippen LogP contribution in [0.3, 0.4) is 0 Å². The quantitative estimate of drug-likeness (QED) is 0.587. The summed E-state index contributed by atoms with van der Waals surface area (Å²) in [5.41, 5.74) is 7.17. The summed E-state index contributed by atoms with van der Waals surface area (Å²) in [6.07, 6.45) is 3.08. The van der Waals surface area contributed by atoms with Gasteiger partial charge in [0.15, 0.2) is 0 Å². The second kappa shape index (κ2) is 3.93. The molecule has 0 aliphatic rings. The van der Waals surface area contributed by atoms with E-state index in [1.54, 1.807) is 12.1 Å². The maximum absolute atomic E-state index is 8.30. The number of nitrogens with zero attached hydrogens (tertiary/aromatic N) is 1. The number of anilines is 1. The molecule has 1 aromatic rings. The summed E-state index contributed by atoms with van der Waals surface area (Å²) < 4.78 is 0.953.